The van der Waals surface area contributed by atoms with Crippen molar-refractivity contribution in [2.75, 3.05) is 14.2 Å². The van der Waals surface area contributed by atoms with E-state index in [0.717, 1.165) is 19.3 Å². The Hall–Kier alpha value is -1.91. The van der Waals surface area contributed by atoms with Gasteiger partial charge >= 0.3 is 5.97 Å². The first-order valence-electron chi connectivity index (χ1n) is 11.8. The van der Waals surface area contributed by atoms with Gasteiger partial charge in [0.05, 0.1) is 14.2 Å². The number of hydrogen-bond acceptors (Lipinski definition) is 5. The highest BCUT2D eigenvalue weighted by atomic mass is 16.5. The van der Waals surface area contributed by atoms with E-state index in [-0.39, 0.29) is 23.0 Å². The van der Waals surface area contributed by atoms with Crippen LogP contribution in [-0.2, 0) is 23.9 Å². The van der Waals surface area contributed by atoms with Gasteiger partial charge in [-0.25, -0.2) is 0 Å². The number of fused-ring (bicyclic) bond motifs is 6. The quantitative estimate of drug-likeness (QED) is 0.340. The van der Waals surface area contributed by atoms with E-state index in [1.54, 1.807) is 14.0 Å². The lowest BCUT2D eigenvalue weighted by Crippen LogP contribution is -2.71. The van der Waals surface area contributed by atoms with Gasteiger partial charge in [-0.2, -0.15) is 0 Å². The minimum atomic E-state index is -1.44. The van der Waals surface area contributed by atoms with Crippen LogP contribution in [0, 0.1) is 38.9 Å². The highest BCUT2D eigenvalue weighted by Crippen LogP contribution is 2.76. The Morgan fingerprint density at radius 3 is 2.22 bits per heavy atom. The van der Waals surface area contributed by atoms with E-state index in [9.17, 15) is 14.4 Å². The molecule has 0 spiro atoms. The smallest absolute Gasteiger partial charge is 0.324 e. The van der Waals surface area contributed by atoms with Gasteiger partial charge in [-0.05, 0) is 67.8 Å². The molecule has 0 amide bonds. The van der Waals surface area contributed by atoms with Crippen molar-refractivity contribution in [2.45, 2.75) is 73.6 Å². The Balaban J connectivity index is 2.04. The maximum Gasteiger partial charge on any atom is 0.324 e. The summed E-state index contributed by atoms with van der Waals surface area (Å²) in [6.45, 7) is 16.8. The molecule has 0 aromatic rings. The molecule has 0 aromatic heterocycles. The van der Waals surface area contributed by atoms with Crippen LogP contribution in [0.15, 0.2) is 23.5 Å². The van der Waals surface area contributed by atoms with E-state index in [2.05, 4.69) is 41.2 Å². The average Bonchev–Trinajstić information content (AvgIpc) is 2.72. The molecule has 32 heavy (non-hydrogen) atoms. The Morgan fingerprint density at radius 2 is 1.66 bits per heavy atom. The Bertz CT molecular complexity index is 973. The van der Waals surface area contributed by atoms with Gasteiger partial charge in [-0.15, -0.1) is 0 Å². The fourth-order valence-electron chi connectivity index (χ4n) is 8.95. The monoisotopic (exact) mass is 442 g/mol. The van der Waals surface area contributed by atoms with Gasteiger partial charge in [0.15, 0.2) is 11.2 Å². The fourth-order valence-corrected chi connectivity index (χ4v) is 8.95. The van der Waals surface area contributed by atoms with Crippen molar-refractivity contribution in [3.8, 4) is 0 Å². The third-order valence-corrected chi connectivity index (χ3v) is 10.6. The van der Waals surface area contributed by atoms with Gasteiger partial charge in [0.25, 0.3) is 0 Å². The standard InChI is InChI=1S/C27H38O5/c1-15-20(29)27(22(30)32-9)16(2)25(6,21(15)31-8)14-18-24(5)12-11-19(28)23(3,4)17(24)10-13-26(18,27)7/h17-18H,2,10-14H2,1,3-9H3/t17-,18+,24-,25-,26+,27+/m1/s1. The van der Waals surface area contributed by atoms with Gasteiger partial charge in [0, 0.05) is 22.8 Å². The number of hydrogen-bond donors (Lipinski definition) is 0. The van der Waals surface area contributed by atoms with Crippen LogP contribution >= 0.6 is 0 Å². The summed E-state index contributed by atoms with van der Waals surface area (Å²) in [5.41, 5.74) is -2.23. The first-order chi connectivity index (χ1) is 14.7. The topological polar surface area (TPSA) is 69.7 Å². The number of esters is 1. The lowest BCUT2D eigenvalue weighted by molar-refractivity contribution is -0.208. The molecule has 0 saturated heterocycles. The van der Waals surface area contributed by atoms with E-state index >= 15 is 0 Å². The summed E-state index contributed by atoms with van der Waals surface area (Å²) in [7, 11) is 2.96. The zero-order chi connectivity index (χ0) is 24.1. The Kier molecular flexibility index (Phi) is 4.78. The first-order valence-corrected chi connectivity index (χ1v) is 11.8. The fraction of sp³-hybridized carbons (Fsp3) is 0.741. The normalized spacial score (nSPS) is 45.2. The summed E-state index contributed by atoms with van der Waals surface area (Å²) in [6, 6.07) is 0. The van der Waals surface area contributed by atoms with Gasteiger partial charge in [0.2, 0.25) is 0 Å². The van der Waals surface area contributed by atoms with Crippen molar-refractivity contribution in [1.29, 1.82) is 0 Å². The zero-order valence-corrected chi connectivity index (χ0v) is 20.9. The molecule has 5 heteroatoms. The molecule has 176 valence electrons. The highest BCUT2D eigenvalue weighted by molar-refractivity contribution is 6.17. The molecule has 5 nitrogen and oxygen atoms in total. The molecule has 3 saturated carbocycles. The van der Waals surface area contributed by atoms with Gasteiger partial charge in [0.1, 0.15) is 11.5 Å². The van der Waals surface area contributed by atoms with Crippen LogP contribution in [0.5, 0.6) is 0 Å². The number of methoxy groups -OCH3 is 2. The molecule has 6 atom stereocenters. The summed E-state index contributed by atoms with van der Waals surface area (Å²) in [5, 5.41) is 0. The maximum absolute atomic E-state index is 14.1. The molecule has 0 heterocycles. The first kappa shape index (κ1) is 23.3. The van der Waals surface area contributed by atoms with E-state index in [1.807, 2.05) is 0 Å². The number of rotatable bonds is 2. The summed E-state index contributed by atoms with van der Waals surface area (Å²) in [5.74, 6) is 0.440. The van der Waals surface area contributed by atoms with E-state index in [0.29, 0.717) is 35.5 Å². The number of ketones is 2. The predicted octanol–water partition coefficient (Wildman–Crippen LogP) is 5.04. The van der Waals surface area contributed by atoms with Crippen LogP contribution < -0.4 is 0 Å². The van der Waals surface area contributed by atoms with E-state index < -0.39 is 27.6 Å². The van der Waals surface area contributed by atoms with Crippen molar-refractivity contribution < 1.29 is 23.9 Å². The molecule has 0 N–H and O–H groups in total. The predicted molar refractivity (Wildman–Crippen MR) is 121 cm³/mol. The summed E-state index contributed by atoms with van der Waals surface area (Å²) >= 11 is 0. The lowest BCUT2D eigenvalue weighted by Gasteiger charge is -2.70. The van der Waals surface area contributed by atoms with Crippen molar-refractivity contribution in [2.24, 2.45) is 38.9 Å². The number of Topliss-reactive ketones (excluding diaryl/α,β-unsaturated/α-hetero) is 2. The van der Waals surface area contributed by atoms with Crippen LogP contribution in [0.3, 0.4) is 0 Å². The average molecular weight is 443 g/mol. The summed E-state index contributed by atoms with van der Waals surface area (Å²) < 4.78 is 11.2. The van der Waals surface area contributed by atoms with Crippen molar-refractivity contribution >= 4 is 17.5 Å². The van der Waals surface area contributed by atoms with Crippen LogP contribution in [0.4, 0.5) is 0 Å². The second kappa shape index (κ2) is 6.57. The second-order valence-corrected chi connectivity index (χ2v) is 12.0. The molecular formula is C27H38O5. The number of carbonyl (C=O) groups is 3. The van der Waals surface area contributed by atoms with Crippen molar-refractivity contribution in [1.82, 2.24) is 0 Å². The van der Waals surface area contributed by atoms with Crippen molar-refractivity contribution in [3.05, 3.63) is 23.5 Å². The molecule has 0 aromatic carbocycles. The molecule has 0 radical (unpaired) electrons. The van der Waals surface area contributed by atoms with Crippen LogP contribution in [0.1, 0.15) is 73.6 Å². The minimum Gasteiger partial charge on any atom is -0.500 e. The number of ether oxygens (including phenoxy) is 2. The van der Waals surface area contributed by atoms with Gasteiger partial charge < -0.3 is 9.47 Å². The summed E-state index contributed by atoms with van der Waals surface area (Å²) in [6.07, 6.45) is 3.54. The Morgan fingerprint density at radius 1 is 1.03 bits per heavy atom. The lowest BCUT2D eigenvalue weighted by atomic mass is 9.31. The number of carbonyl (C=O) groups excluding carboxylic acids is 3. The largest absolute Gasteiger partial charge is 0.500 e. The highest BCUT2D eigenvalue weighted by Gasteiger charge is 2.77. The van der Waals surface area contributed by atoms with E-state index in [1.165, 1.54) is 7.11 Å². The van der Waals surface area contributed by atoms with Crippen LogP contribution in [0.2, 0.25) is 0 Å². The summed E-state index contributed by atoms with van der Waals surface area (Å²) in [4.78, 5) is 40.7. The molecule has 0 aliphatic heterocycles. The van der Waals surface area contributed by atoms with E-state index in [4.69, 9.17) is 9.47 Å². The third-order valence-electron chi connectivity index (χ3n) is 10.6. The van der Waals surface area contributed by atoms with Gasteiger partial charge in [-0.3, -0.25) is 14.4 Å². The molecule has 4 rings (SSSR count). The van der Waals surface area contributed by atoms with Crippen LogP contribution in [0.25, 0.3) is 0 Å². The third kappa shape index (κ3) is 2.23. The van der Waals surface area contributed by atoms with Gasteiger partial charge in [-0.1, -0.05) is 34.3 Å². The SMILES string of the molecule is C=C1[C@@]2(C)C[C@H]3[C@]4(C)CCC(=O)C(C)(C)[C@H]4CC[C@]3(C)[C@]1(C(=O)OC)C(=O)C(C)=C2OC. The molecule has 4 aliphatic carbocycles. The maximum atomic E-state index is 14.1. The molecule has 3 fully saturated rings. The molecular weight excluding hydrogens is 404 g/mol. The molecule has 2 bridgehead atoms. The number of allylic oxidation sites excluding steroid dienone is 2. The molecule has 0 unspecified atom stereocenters. The molecule has 4 aliphatic rings. The second-order valence-electron chi connectivity index (χ2n) is 12.0. The van der Waals surface area contributed by atoms with Crippen LogP contribution in [-0.4, -0.2) is 31.8 Å². The zero-order valence-electron chi connectivity index (χ0n) is 20.9. The van der Waals surface area contributed by atoms with Crippen molar-refractivity contribution in [3.63, 3.8) is 0 Å². The Labute approximate surface area is 192 Å². The minimum absolute atomic E-state index is 0.0397.